The molecule has 0 spiro atoms. The fourth-order valence-corrected chi connectivity index (χ4v) is 6.84. The number of benzene rings is 1. The van der Waals surface area contributed by atoms with Gasteiger partial charge in [0.25, 0.3) is 5.56 Å². The number of hydrogen-bond donors (Lipinski definition) is 0. The molecule has 4 aromatic rings. The second-order valence-corrected chi connectivity index (χ2v) is 9.64. The van der Waals surface area contributed by atoms with Crippen molar-refractivity contribution >= 4 is 54.9 Å². The van der Waals surface area contributed by atoms with Gasteiger partial charge in [0.05, 0.1) is 21.4 Å². The minimum absolute atomic E-state index is 0.0751. The summed E-state index contributed by atoms with van der Waals surface area (Å²) in [5, 5.41) is 2.64. The zero-order chi connectivity index (χ0) is 18.4. The average molecular weight is 412 g/mol. The van der Waals surface area contributed by atoms with E-state index in [1.807, 2.05) is 18.2 Å². The van der Waals surface area contributed by atoms with Crippen LogP contribution in [0.15, 0.2) is 46.9 Å². The van der Waals surface area contributed by atoms with Crippen LogP contribution in [0.2, 0.25) is 0 Å². The number of fused-ring (bicyclic) bond motifs is 4. The van der Waals surface area contributed by atoms with E-state index in [1.165, 1.54) is 15.1 Å². The molecule has 0 fully saturated rings. The molecule has 0 atom stereocenters. The van der Waals surface area contributed by atoms with Crippen molar-refractivity contribution in [1.29, 1.82) is 0 Å². The van der Waals surface area contributed by atoms with Crippen LogP contribution in [0.4, 0.5) is 0 Å². The number of thioether (sulfide) groups is 1. The van der Waals surface area contributed by atoms with Gasteiger partial charge in [0, 0.05) is 11.4 Å². The van der Waals surface area contributed by atoms with Crippen LogP contribution in [0, 0.1) is 0 Å². The summed E-state index contributed by atoms with van der Waals surface area (Å²) in [6.45, 7) is 4.30. The highest BCUT2D eigenvalue weighted by molar-refractivity contribution is 7.98. The molecule has 0 unspecified atom stereocenters. The number of allylic oxidation sites excluding steroid dienone is 1. The highest BCUT2D eigenvalue weighted by Gasteiger charge is 2.23. The van der Waals surface area contributed by atoms with Crippen molar-refractivity contribution in [3.8, 4) is 0 Å². The van der Waals surface area contributed by atoms with Crippen LogP contribution in [0.3, 0.4) is 0 Å². The predicted octanol–water partition coefficient (Wildman–Crippen LogP) is 5.03. The highest BCUT2D eigenvalue weighted by atomic mass is 32.2. The molecule has 1 aliphatic rings. The Morgan fingerprint density at radius 1 is 1.22 bits per heavy atom. The van der Waals surface area contributed by atoms with Gasteiger partial charge >= 0.3 is 0 Å². The molecule has 0 amide bonds. The molecular formula is C20H17N3OS3. The lowest BCUT2D eigenvalue weighted by atomic mass is 10.2. The number of hydrogen-bond acceptors (Lipinski definition) is 6. The van der Waals surface area contributed by atoms with Crippen molar-refractivity contribution in [3.63, 3.8) is 0 Å². The second kappa shape index (κ2) is 6.89. The van der Waals surface area contributed by atoms with Gasteiger partial charge in [0.1, 0.15) is 9.84 Å². The zero-order valence-electron chi connectivity index (χ0n) is 14.6. The largest absolute Gasteiger partial charge is 0.283 e. The third kappa shape index (κ3) is 2.94. The van der Waals surface area contributed by atoms with Crippen LogP contribution in [0.25, 0.3) is 20.4 Å². The molecule has 4 nitrogen and oxygen atoms in total. The second-order valence-electron chi connectivity index (χ2n) is 6.50. The molecule has 1 aromatic carbocycles. The van der Waals surface area contributed by atoms with Gasteiger partial charge in [0.15, 0.2) is 5.16 Å². The van der Waals surface area contributed by atoms with Crippen LogP contribution in [0.5, 0.6) is 0 Å². The van der Waals surface area contributed by atoms with E-state index in [0.717, 1.165) is 45.2 Å². The van der Waals surface area contributed by atoms with Gasteiger partial charge in [-0.1, -0.05) is 30.0 Å². The van der Waals surface area contributed by atoms with E-state index in [4.69, 9.17) is 9.97 Å². The molecule has 5 rings (SSSR count). The Labute approximate surface area is 168 Å². The lowest BCUT2D eigenvalue weighted by molar-refractivity contribution is 0.672. The smallest absolute Gasteiger partial charge is 0.263 e. The molecule has 0 radical (unpaired) electrons. The lowest BCUT2D eigenvalue weighted by Crippen LogP contribution is -2.22. The monoisotopic (exact) mass is 411 g/mol. The van der Waals surface area contributed by atoms with E-state index >= 15 is 0 Å². The van der Waals surface area contributed by atoms with Gasteiger partial charge in [-0.3, -0.25) is 9.36 Å². The van der Waals surface area contributed by atoms with Crippen molar-refractivity contribution in [1.82, 2.24) is 14.5 Å². The molecule has 0 saturated heterocycles. The van der Waals surface area contributed by atoms with E-state index in [-0.39, 0.29) is 5.56 Å². The Morgan fingerprint density at radius 3 is 2.96 bits per heavy atom. The number of aryl methyl sites for hydroxylation is 2. The summed E-state index contributed by atoms with van der Waals surface area (Å²) < 4.78 is 2.95. The van der Waals surface area contributed by atoms with Crippen LogP contribution < -0.4 is 5.56 Å². The quantitative estimate of drug-likeness (QED) is 0.262. The summed E-state index contributed by atoms with van der Waals surface area (Å²) >= 11 is 4.97. The zero-order valence-corrected chi connectivity index (χ0v) is 17.1. The molecule has 0 aliphatic heterocycles. The van der Waals surface area contributed by atoms with Crippen molar-refractivity contribution in [2.75, 3.05) is 0 Å². The molecule has 27 heavy (non-hydrogen) atoms. The molecule has 136 valence electrons. The topological polar surface area (TPSA) is 47.8 Å². The Morgan fingerprint density at radius 2 is 2.11 bits per heavy atom. The Kier molecular flexibility index (Phi) is 4.38. The summed E-state index contributed by atoms with van der Waals surface area (Å²) in [6, 6.07) is 8.16. The standard InChI is InChI=1S/C20H17N3OS3/c1-2-10-23-19(24)17-12-6-5-9-14(12)27-18(17)22-20(23)25-11-16-21-13-7-3-4-8-15(13)26-16/h2-4,7-8H,1,5-6,9-11H2. The van der Waals surface area contributed by atoms with Crippen LogP contribution >= 0.6 is 34.4 Å². The van der Waals surface area contributed by atoms with Gasteiger partial charge in [-0.05, 0) is 37.0 Å². The van der Waals surface area contributed by atoms with Crippen molar-refractivity contribution in [2.24, 2.45) is 0 Å². The third-order valence-corrected chi connectivity index (χ3v) is 8.16. The maximum absolute atomic E-state index is 13.2. The molecule has 3 aromatic heterocycles. The molecule has 0 saturated carbocycles. The number of nitrogens with zero attached hydrogens (tertiary/aromatic N) is 3. The van der Waals surface area contributed by atoms with Gasteiger partial charge in [-0.2, -0.15) is 0 Å². The van der Waals surface area contributed by atoms with E-state index in [9.17, 15) is 4.79 Å². The number of para-hydroxylation sites is 1. The maximum atomic E-state index is 13.2. The first-order chi connectivity index (χ1) is 13.2. The minimum atomic E-state index is 0.0751. The molecule has 3 heterocycles. The van der Waals surface area contributed by atoms with E-state index in [0.29, 0.717) is 12.3 Å². The highest BCUT2D eigenvalue weighted by Crippen LogP contribution is 2.36. The number of rotatable bonds is 5. The Balaban J connectivity index is 1.54. The molecule has 1 aliphatic carbocycles. The number of thiophene rings is 1. The van der Waals surface area contributed by atoms with Crippen molar-refractivity contribution in [3.05, 3.63) is 62.7 Å². The van der Waals surface area contributed by atoms with E-state index < -0.39 is 0 Å². The predicted molar refractivity (Wildman–Crippen MR) is 115 cm³/mol. The summed E-state index contributed by atoms with van der Waals surface area (Å²) in [6.07, 6.45) is 4.99. The van der Waals surface area contributed by atoms with Gasteiger partial charge in [-0.15, -0.1) is 29.3 Å². The first-order valence-corrected chi connectivity index (χ1v) is 11.5. The molecule has 7 heteroatoms. The third-order valence-electron chi connectivity index (χ3n) is 4.76. The summed E-state index contributed by atoms with van der Waals surface area (Å²) in [5.41, 5.74) is 2.33. The fraction of sp³-hybridized carbons (Fsp3) is 0.250. The minimum Gasteiger partial charge on any atom is -0.283 e. The van der Waals surface area contributed by atoms with Crippen molar-refractivity contribution < 1.29 is 0 Å². The molecule has 0 bridgehead atoms. The SMILES string of the molecule is C=CCn1c(SCc2nc3ccccc3s2)nc2sc3c(c2c1=O)CCC3. The van der Waals surface area contributed by atoms with Crippen LogP contribution in [-0.2, 0) is 25.1 Å². The fourth-order valence-electron chi connectivity index (χ4n) is 3.57. The lowest BCUT2D eigenvalue weighted by Gasteiger charge is -2.09. The summed E-state index contributed by atoms with van der Waals surface area (Å²) in [4.78, 5) is 24.9. The van der Waals surface area contributed by atoms with Gasteiger partial charge in [0.2, 0.25) is 0 Å². The number of aromatic nitrogens is 3. The molecule has 0 N–H and O–H groups in total. The average Bonchev–Trinajstić information content (AvgIpc) is 3.35. The van der Waals surface area contributed by atoms with Crippen molar-refractivity contribution in [2.45, 2.75) is 36.7 Å². The Hall–Kier alpha value is -1.96. The van der Waals surface area contributed by atoms with E-state index in [2.05, 4.69) is 12.6 Å². The van der Waals surface area contributed by atoms with Crippen LogP contribution in [0.1, 0.15) is 21.9 Å². The normalized spacial score (nSPS) is 13.5. The van der Waals surface area contributed by atoms with Crippen LogP contribution in [-0.4, -0.2) is 14.5 Å². The summed E-state index contributed by atoms with van der Waals surface area (Å²) in [7, 11) is 0. The molecular weight excluding hydrogens is 394 g/mol. The first-order valence-electron chi connectivity index (χ1n) is 8.88. The van der Waals surface area contributed by atoms with Gasteiger partial charge in [-0.25, -0.2) is 9.97 Å². The van der Waals surface area contributed by atoms with E-state index in [1.54, 1.807) is 45.1 Å². The summed E-state index contributed by atoms with van der Waals surface area (Å²) in [5.74, 6) is 0.708. The first kappa shape index (κ1) is 17.2. The Bertz CT molecular complexity index is 1200. The van der Waals surface area contributed by atoms with Gasteiger partial charge < -0.3 is 0 Å². The number of thiazole rings is 1. The maximum Gasteiger partial charge on any atom is 0.263 e.